The minimum Gasteiger partial charge on any atom is -0.444 e. The minimum atomic E-state index is -0.554. The molecular formula is C25H30N6O3. The molecule has 1 saturated heterocycles. The second-order valence-electron chi connectivity index (χ2n) is 9.67. The fraction of sp³-hybridized carbons (Fsp3) is 0.440. The molecule has 3 heterocycles. The number of hydrogen-bond donors (Lipinski definition) is 1. The summed E-state index contributed by atoms with van der Waals surface area (Å²) in [5, 5.41) is 12.0. The fourth-order valence-corrected chi connectivity index (χ4v) is 4.36. The van der Waals surface area contributed by atoms with Crippen LogP contribution in [0, 0.1) is 11.3 Å². The van der Waals surface area contributed by atoms with E-state index < -0.39 is 11.7 Å². The number of nitrogens with one attached hydrogen (secondary N) is 1. The molecule has 178 valence electrons. The first-order chi connectivity index (χ1) is 16.2. The number of aromatic nitrogens is 3. The zero-order valence-electron chi connectivity index (χ0n) is 20.0. The van der Waals surface area contributed by atoms with Crippen molar-refractivity contribution in [2.45, 2.75) is 51.8 Å². The van der Waals surface area contributed by atoms with Crippen LogP contribution in [0.15, 0.2) is 41.3 Å². The third-order valence-electron chi connectivity index (χ3n) is 5.90. The number of carbonyl (C=O) groups excluding carboxylic acids is 1. The van der Waals surface area contributed by atoms with Crippen molar-refractivity contribution in [2.75, 3.05) is 18.0 Å². The highest BCUT2D eigenvalue weighted by atomic mass is 16.6. The summed E-state index contributed by atoms with van der Waals surface area (Å²) in [5.41, 5.74) is 3.07. The summed E-state index contributed by atoms with van der Waals surface area (Å²) >= 11 is 0. The predicted octanol–water partition coefficient (Wildman–Crippen LogP) is 3.15. The van der Waals surface area contributed by atoms with Crippen molar-refractivity contribution in [3.05, 3.63) is 58.1 Å². The van der Waals surface area contributed by atoms with Crippen LogP contribution in [-0.2, 0) is 18.3 Å². The van der Waals surface area contributed by atoms with Gasteiger partial charge in [0.25, 0.3) is 0 Å². The molecule has 34 heavy (non-hydrogen) atoms. The molecule has 3 aromatic rings. The Balaban J connectivity index is 1.65. The van der Waals surface area contributed by atoms with E-state index in [1.165, 1.54) is 0 Å². The molecule has 1 atom stereocenters. The van der Waals surface area contributed by atoms with Crippen molar-refractivity contribution in [1.29, 1.82) is 5.26 Å². The largest absolute Gasteiger partial charge is 0.444 e. The van der Waals surface area contributed by atoms with Crippen molar-refractivity contribution in [3.63, 3.8) is 0 Å². The smallest absolute Gasteiger partial charge is 0.407 e. The zero-order valence-corrected chi connectivity index (χ0v) is 20.0. The second-order valence-corrected chi connectivity index (χ2v) is 9.67. The lowest BCUT2D eigenvalue weighted by Crippen LogP contribution is -2.49. The van der Waals surface area contributed by atoms with E-state index in [-0.39, 0.29) is 11.7 Å². The van der Waals surface area contributed by atoms with E-state index in [2.05, 4.69) is 21.3 Å². The molecule has 2 aromatic heterocycles. The van der Waals surface area contributed by atoms with Crippen LogP contribution in [0.4, 0.5) is 10.5 Å². The number of amides is 1. The SMILES string of the molecule is Cn1c(=O)n(Cc2ccc(C#N)cc2)c2c(N3CCC[C@@H](NC(=O)OC(C)(C)C)C3)ccnc21. The van der Waals surface area contributed by atoms with Gasteiger partial charge in [-0.1, -0.05) is 12.1 Å². The van der Waals surface area contributed by atoms with E-state index in [1.54, 1.807) is 34.5 Å². The Morgan fingerprint density at radius 1 is 1.26 bits per heavy atom. The maximum Gasteiger partial charge on any atom is 0.407 e. The summed E-state index contributed by atoms with van der Waals surface area (Å²) in [7, 11) is 1.72. The van der Waals surface area contributed by atoms with Gasteiger partial charge < -0.3 is 15.0 Å². The highest BCUT2D eigenvalue weighted by Crippen LogP contribution is 2.28. The lowest BCUT2D eigenvalue weighted by Gasteiger charge is -2.35. The van der Waals surface area contributed by atoms with Crippen LogP contribution < -0.4 is 15.9 Å². The van der Waals surface area contributed by atoms with Crippen molar-refractivity contribution >= 4 is 22.9 Å². The Morgan fingerprint density at radius 2 is 2.00 bits per heavy atom. The van der Waals surface area contributed by atoms with Gasteiger partial charge in [0, 0.05) is 32.4 Å². The van der Waals surface area contributed by atoms with Crippen molar-refractivity contribution in [1.82, 2.24) is 19.4 Å². The molecule has 0 unspecified atom stereocenters. The van der Waals surface area contributed by atoms with Gasteiger partial charge in [-0.25, -0.2) is 14.6 Å². The molecule has 1 fully saturated rings. The molecule has 0 radical (unpaired) electrons. The molecule has 0 saturated carbocycles. The van der Waals surface area contributed by atoms with Crippen LogP contribution in [0.5, 0.6) is 0 Å². The average molecular weight is 463 g/mol. The Kier molecular flexibility index (Phi) is 6.33. The molecule has 0 spiro atoms. The van der Waals surface area contributed by atoms with Crippen LogP contribution in [0.25, 0.3) is 11.2 Å². The monoisotopic (exact) mass is 462 g/mol. The highest BCUT2D eigenvalue weighted by molar-refractivity contribution is 5.87. The average Bonchev–Trinajstić information content (AvgIpc) is 3.03. The van der Waals surface area contributed by atoms with Crippen LogP contribution >= 0.6 is 0 Å². The van der Waals surface area contributed by atoms with Crippen LogP contribution in [0.3, 0.4) is 0 Å². The molecule has 9 heteroatoms. The van der Waals surface area contributed by atoms with Crippen molar-refractivity contribution in [2.24, 2.45) is 7.05 Å². The number of alkyl carbamates (subject to hydrolysis) is 1. The third kappa shape index (κ3) is 4.91. The van der Waals surface area contributed by atoms with Gasteiger partial charge in [-0.3, -0.25) is 9.13 Å². The van der Waals surface area contributed by atoms with Gasteiger partial charge >= 0.3 is 11.8 Å². The molecule has 9 nitrogen and oxygen atoms in total. The lowest BCUT2D eigenvalue weighted by molar-refractivity contribution is 0.0500. The first kappa shape index (κ1) is 23.4. The normalized spacial score (nSPS) is 16.3. The molecule has 1 aliphatic heterocycles. The topological polar surface area (TPSA) is 105 Å². The maximum atomic E-state index is 13.1. The number of pyridine rings is 1. The van der Waals surface area contributed by atoms with Gasteiger partial charge in [-0.2, -0.15) is 5.26 Å². The summed E-state index contributed by atoms with van der Waals surface area (Å²) in [4.78, 5) is 32.1. The van der Waals surface area contributed by atoms with Crippen LogP contribution in [0.1, 0.15) is 44.7 Å². The van der Waals surface area contributed by atoms with Gasteiger partial charge in [0.2, 0.25) is 0 Å². The van der Waals surface area contributed by atoms with E-state index in [1.807, 2.05) is 39.0 Å². The fourth-order valence-electron chi connectivity index (χ4n) is 4.36. The number of carbonyl (C=O) groups is 1. The van der Waals surface area contributed by atoms with Gasteiger partial charge in [-0.15, -0.1) is 0 Å². The lowest BCUT2D eigenvalue weighted by atomic mass is 10.0. The number of hydrogen-bond acceptors (Lipinski definition) is 6. The maximum absolute atomic E-state index is 13.1. The second kappa shape index (κ2) is 9.21. The van der Waals surface area contributed by atoms with Gasteiger partial charge in [0.15, 0.2) is 5.65 Å². The quantitative estimate of drug-likeness (QED) is 0.639. The number of ether oxygens (including phenoxy) is 1. The molecular weight excluding hydrogens is 432 g/mol. The highest BCUT2D eigenvalue weighted by Gasteiger charge is 2.27. The molecule has 0 aliphatic carbocycles. The van der Waals surface area contributed by atoms with E-state index >= 15 is 0 Å². The van der Waals surface area contributed by atoms with Gasteiger partial charge in [0.05, 0.1) is 23.9 Å². The van der Waals surface area contributed by atoms with Crippen LogP contribution in [0.2, 0.25) is 0 Å². The molecule has 0 bridgehead atoms. The number of imidazole rings is 1. The summed E-state index contributed by atoms with van der Waals surface area (Å²) < 4.78 is 8.71. The summed E-state index contributed by atoms with van der Waals surface area (Å²) in [6.07, 6.45) is 3.05. The van der Waals surface area contributed by atoms with E-state index in [9.17, 15) is 9.59 Å². The number of benzene rings is 1. The number of nitriles is 1. The first-order valence-corrected chi connectivity index (χ1v) is 11.4. The zero-order chi connectivity index (χ0) is 24.5. The number of piperidine rings is 1. The number of nitrogens with zero attached hydrogens (tertiary/aromatic N) is 5. The number of aryl methyl sites for hydroxylation is 1. The van der Waals surface area contributed by atoms with E-state index in [4.69, 9.17) is 10.00 Å². The molecule has 1 N–H and O–H groups in total. The Morgan fingerprint density at radius 3 is 2.68 bits per heavy atom. The van der Waals surface area contributed by atoms with Gasteiger partial charge in [0.1, 0.15) is 11.1 Å². The number of anilines is 1. The Labute approximate surface area is 198 Å². The summed E-state index contributed by atoms with van der Waals surface area (Å²) in [6, 6.07) is 11.2. The summed E-state index contributed by atoms with van der Waals surface area (Å²) in [5.74, 6) is 0. The van der Waals surface area contributed by atoms with Crippen molar-refractivity contribution in [3.8, 4) is 6.07 Å². The van der Waals surface area contributed by atoms with E-state index in [0.29, 0.717) is 24.3 Å². The van der Waals surface area contributed by atoms with Crippen LogP contribution in [-0.4, -0.2) is 44.9 Å². The standard InChI is InChI=1S/C25H30N6O3/c1-25(2,3)34-23(32)28-19-6-5-13-30(16-19)20-11-12-27-22-21(20)31(24(33)29(22)4)15-18-9-7-17(14-26)8-10-18/h7-12,19H,5-6,13,15-16H2,1-4H3,(H,28,32)/t19-/m1/s1. The molecule has 1 aromatic carbocycles. The number of fused-ring (bicyclic) bond motifs is 1. The van der Waals surface area contributed by atoms with Crippen molar-refractivity contribution < 1.29 is 9.53 Å². The number of rotatable bonds is 4. The van der Waals surface area contributed by atoms with Gasteiger partial charge in [-0.05, 0) is 57.4 Å². The Bertz CT molecular complexity index is 1290. The molecule has 1 aliphatic rings. The summed E-state index contributed by atoms with van der Waals surface area (Å²) in [6.45, 7) is 7.32. The third-order valence-corrected chi connectivity index (χ3v) is 5.90. The Hall–Kier alpha value is -3.80. The molecule has 4 rings (SSSR count). The predicted molar refractivity (Wildman–Crippen MR) is 130 cm³/mol. The minimum absolute atomic E-state index is 0.0609. The first-order valence-electron chi connectivity index (χ1n) is 11.4. The molecule has 1 amide bonds. The van der Waals surface area contributed by atoms with E-state index in [0.717, 1.165) is 36.2 Å².